The van der Waals surface area contributed by atoms with Crippen molar-refractivity contribution in [2.45, 2.75) is 57.4 Å². The number of nitrogens with zero attached hydrogens (tertiary/aromatic N) is 3. The maximum Gasteiger partial charge on any atom is 0.312 e. The Morgan fingerprint density at radius 3 is 2.43 bits per heavy atom. The van der Waals surface area contributed by atoms with Gasteiger partial charge in [0.15, 0.2) is 0 Å². The fourth-order valence-corrected chi connectivity index (χ4v) is 5.75. The molecule has 196 valence electrons. The predicted octanol–water partition coefficient (Wildman–Crippen LogP) is 5.47. The highest BCUT2D eigenvalue weighted by atomic mass is 16.5. The molecule has 8 nitrogen and oxygen atoms in total. The van der Waals surface area contributed by atoms with Crippen LogP contribution in [0.3, 0.4) is 0 Å². The summed E-state index contributed by atoms with van der Waals surface area (Å²) in [5, 5.41) is 24.5. The minimum absolute atomic E-state index is 0.252. The van der Waals surface area contributed by atoms with Crippen molar-refractivity contribution in [1.29, 1.82) is 0 Å². The first-order chi connectivity index (χ1) is 18.0. The van der Waals surface area contributed by atoms with Crippen molar-refractivity contribution >= 4 is 5.97 Å². The number of aromatic hydroxyl groups is 1. The maximum absolute atomic E-state index is 11.8. The Bertz CT molecular complexity index is 1210. The summed E-state index contributed by atoms with van der Waals surface area (Å²) in [5.74, 6) is 0.842. The highest BCUT2D eigenvalue weighted by molar-refractivity contribution is 5.75. The van der Waals surface area contributed by atoms with E-state index in [4.69, 9.17) is 9.26 Å². The topological polar surface area (TPSA) is 109 Å². The number of piperidine rings is 1. The number of carboxylic acid groups (broad SMARTS) is 1. The quantitative estimate of drug-likeness (QED) is 0.415. The fraction of sp³-hybridized carbons (Fsp3) is 0.483. The van der Waals surface area contributed by atoms with Crippen LogP contribution in [0.4, 0.5) is 0 Å². The van der Waals surface area contributed by atoms with Crippen LogP contribution in [-0.4, -0.2) is 58.0 Å². The predicted molar refractivity (Wildman–Crippen MR) is 139 cm³/mol. The lowest BCUT2D eigenvalue weighted by molar-refractivity contribution is -0.156. The number of methoxy groups -OCH3 is 1. The van der Waals surface area contributed by atoms with Gasteiger partial charge in [0, 0.05) is 24.8 Å². The van der Waals surface area contributed by atoms with Crippen LogP contribution in [0.5, 0.6) is 5.75 Å². The van der Waals surface area contributed by atoms with Gasteiger partial charge in [0.05, 0.1) is 12.0 Å². The third-order valence-electron chi connectivity index (χ3n) is 8.05. The average molecular weight is 506 g/mol. The number of ether oxygens (including phenoxy) is 1. The van der Waals surface area contributed by atoms with Crippen molar-refractivity contribution in [1.82, 2.24) is 15.0 Å². The van der Waals surface area contributed by atoms with Crippen LogP contribution in [-0.2, 0) is 16.1 Å². The number of phenols is 1. The van der Waals surface area contributed by atoms with E-state index in [9.17, 15) is 15.0 Å². The standard InChI is InChI=1S/C29H35N3O5/c1-36-19-29(28(34)35)13-15-32(16-14-29)18-20-7-9-22(10-8-20)26-30-27(37-31-26)23-11-12-24(25(33)17-23)21-5-3-2-4-6-21/h7-12,17,21,33H,2-6,13-16,18-19H2,1H3,(H,34,35). The molecule has 2 fully saturated rings. The van der Waals surface area contributed by atoms with Gasteiger partial charge in [-0.25, -0.2) is 0 Å². The molecule has 5 rings (SSSR count). The molecular formula is C29H35N3O5. The van der Waals surface area contributed by atoms with Crippen molar-refractivity contribution in [3.05, 3.63) is 53.6 Å². The van der Waals surface area contributed by atoms with Gasteiger partial charge < -0.3 is 19.5 Å². The molecular weight excluding hydrogens is 470 g/mol. The molecule has 8 heteroatoms. The van der Waals surface area contributed by atoms with Crippen LogP contribution in [0, 0.1) is 5.41 Å². The van der Waals surface area contributed by atoms with Gasteiger partial charge in [0.1, 0.15) is 5.75 Å². The van der Waals surface area contributed by atoms with Gasteiger partial charge in [0.2, 0.25) is 5.82 Å². The fourth-order valence-electron chi connectivity index (χ4n) is 5.75. The Balaban J connectivity index is 1.21. The SMILES string of the molecule is COCC1(C(=O)O)CCN(Cc2ccc(-c3noc(-c4ccc(C5CCCCC5)c(O)c4)n3)cc2)CC1. The van der Waals surface area contributed by atoms with E-state index in [0.29, 0.717) is 41.8 Å². The summed E-state index contributed by atoms with van der Waals surface area (Å²) in [6.07, 6.45) is 7.13. The first-order valence-electron chi connectivity index (χ1n) is 13.2. The summed E-state index contributed by atoms with van der Waals surface area (Å²) in [7, 11) is 1.56. The smallest absolute Gasteiger partial charge is 0.312 e. The minimum atomic E-state index is -0.779. The Morgan fingerprint density at radius 1 is 1.08 bits per heavy atom. The lowest BCUT2D eigenvalue weighted by Crippen LogP contribution is -2.46. The highest BCUT2D eigenvalue weighted by Crippen LogP contribution is 2.39. The molecule has 0 atom stereocenters. The number of phenolic OH excluding ortho intramolecular Hbond substituents is 1. The number of aromatic nitrogens is 2. The van der Waals surface area contributed by atoms with E-state index < -0.39 is 11.4 Å². The van der Waals surface area contributed by atoms with Gasteiger partial charge in [-0.3, -0.25) is 9.69 Å². The van der Waals surface area contributed by atoms with Crippen LogP contribution in [0.2, 0.25) is 0 Å². The lowest BCUT2D eigenvalue weighted by atomic mass is 9.79. The molecule has 0 spiro atoms. The van der Waals surface area contributed by atoms with E-state index in [1.165, 1.54) is 19.3 Å². The largest absolute Gasteiger partial charge is 0.508 e. The molecule has 2 aliphatic rings. The van der Waals surface area contributed by atoms with E-state index in [1.54, 1.807) is 13.2 Å². The second-order valence-corrected chi connectivity index (χ2v) is 10.5. The second kappa shape index (κ2) is 11.0. The Labute approximate surface area is 217 Å². The van der Waals surface area contributed by atoms with E-state index in [0.717, 1.165) is 49.2 Å². The number of benzene rings is 2. The van der Waals surface area contributed by atoms with Crippen molar-refractivity contribution < 1.29 is 24.3 Å². The molecule has 37 heavy (non-hydrogen) atoms. The first-order valence-corrected chi connectivity index (χ1v) is 13.2. The summed E-state index contributed by atoms with van der Waals surface area (Å²) < 4.78 is 10.7. The number of hydrogen-bond donors (Lipinski definition) is 2. The van der Waals surface area contributed by atoms with E-state index in [2.05, 4.69) is 15.0 Å². The molecule has 3 aromatic rings. The average Bonchev–Trinajstić information content (AvgIpc) is 3.41. The summed E-state index contributed by atoms with van der Waals surface area (Å²) in [6, 6.07) is 13.7. The summed E-state index contributed by atoms with van der Waals surface area (Å²) >= 11 is 0. The van der Waals surface area contributed by atoms with Crippen molar-refractivity contribution in [2.24, 2.45) is 5.41 Å². The maximum atomic E-state index is 11.8. The minimum Gasteiger partial charge on any atom is -0.508 e. The normalized spacial score (nSPS) is 18.6. The van der Waals surface area contributed by atoms with Crippen LogP contribution in [0.1, 0.15) is 62.0 Å². The van der Waals surface area contributed by atoms with Crippen LogP contribution in [0.15, 0.2) is 47.0 Å². The molecule has 1 aliphatic heterocycles. The summed E-state index contributed by atoms with van der Waals surface area (Å²) in [6.45, 7) is 2.45. The number of rotatable bonds is 8. The molecule has 1 saturated carbocycles. The van der Waals surface area contributed by atoms with E-state index in [-0.39, 0.29) is 6.61 Å². The van der Waals surface area contributed by atoms with Crippen molar-refractivity contribution in [2.75, 3.05) is 26.8 Å². The molecule has 1 aliphatic carbocycles. The van der Waals surface area contributed by atoms with Gasteiger partial charge >= 0.3 is 5.97 Å². The zero-order chi connectivity index (χ0) is 25.8. The van der Waals surface area contributed by atoms with Gasteiger partial charge in [-0.05, 0) is 68.0 Å². The molecule has 2 heterocycles. The van der Waals surface area contributed by atoms with Crippen LogP contribution in [0.25, 0.3) is 22.8 Å². The van der Waals surface area contributed by atoms with E-state index in [1.807, 2.05) is 36.4 Å². The Kier molecular flexibility index (Phi) is 7.58. The third-order valence-corrected chi connectivity index (χ3v) is 8.05. The molecule has 2 aromatic carbocycles. The monoisotopic (exact) mass is 505 g/mol. The van der Waals surface area contributed by atoms with Gasteiger partial charge in [-0.15, -0.1) is 0 Å². The van der Waals surface area contributed by atoms with Gasteiger partial charge in [-0.1, -0.05) is 54.8 Å². The molecule has 1 aromatic heterocycles. The molecule has 2 N–H and O–H groups in total. The molecule has 1 saturated heterocycles. The zero-order valence-electron chi connectivity index (χ0n) is 21.4. The first kappa shape index (κ1) is 25.4. The van der Waals surface area contributed by atoms with Crippen molar-refractivity contribution in [3.63, 3.8) is 0 Å². The number of likely N-dealkylation sites (tertiary alicyclic amines) is 1. The van der Waals surface area contributed by atoms with Crippen molar-refractivity contribution in [3.8, 4) is 28.6 Å². The van der Waals surface area contributed by atoms with Crippen LogP contribution < -0.4 is 0 Å². The summed E-state index contributed by atoms with van der Waals surface area (Å²) in [4.78, 5) is 18.6. The van der Waals surface area contributed by atoms with Crippen LogP contribution >= 0.6 is 0 Å². The molecule has 0 unspecified atom stereocenters. The van der Waals surface area contributed by atoms with Gasteiger partial charge in [-0.2, -0.15) is 4.98 Å². The number of carbonyl (C=O) groups is 1. The van der Waals surface area contributed by atoms with Gasteiger partial charge in [0.25, 0.3) is 5.89 Å². The second-order valence-electron chi connectivity index (χ2n) is 10.5. The number of hydrogen-bond acceptors (Lipinski definition) is 7. The Morgan fingerprint density at radius 2 is 1.78 bits per heavy atom. The number of carboxylic acids is 1. The van der Waals surface area contributed by atoms with E-state index >= 15 is 0 Å². The third kappa shape index (κ3) is 5.55. The highest BCUT2D eigenvalue weighted by Gasteiger charge is 2.41. The Hall–Kier alpha value is -3.23. The molecule has 0 radical (unpaired) electrons. The molecule has 0 bridgehead atoms. The lowest BCUT2D eigenvalue weighted by Gasteiger charge is -2.38. The number of aliphatic carboxylic acids is 1. The molecule has 0 amide bonds. The summed E-state index contributed by atoms with van der Waals surface area (Å²) in [5.41, 5.74) is 2.94. The zero-order valence-corrected chi connectivity index (χ0v) is 21.4.